The maximum absolute atomic E-state index is 5.82. The lowest BCUT2D eigenvalue weighted by molar-refractivity contribution is -0.185. The van der Waals surface area contributed by atoms with Crippen molar-refractivity contribution in [2.24, 2.45) is 11.8 Å². The molecule has 0 aromatic rings. The third-order valence-electron chi connectivity index (χ3n) is 5.23. The molecule has 19 heavy (non-hydrogen) atoms. The van der Waals surface area contributed by atoms with Gasteiger partial charge in [-0.2, -0.15) is 0 Å². The van der Waals surface area contributed by atoms with Crippen LogP contribution >= 0.6 is 0 Å². The Labute approximate surface area is 116 Å². The molecule has 3 heteroatoms. The van der Waals surface area contributed by atoms with Crippen molar-refractivity contribution in [1.29, 1.82) is 0 Å². The summed E-state index contributed by atoms with van der Waals surface area (Å²) in [6, 6.07) is 0. The molecule has 1 aliphatic heterocycles. The molecule has 3 nitrogen and oxygen atoms in total. The van der Waals surface area contributed by atoms with E-state index < -0.39 is 0 Å². The van der Waals surface area contributed by atoms with Gasteiger partial charge in [0, 0.05) is 12.8 Å². The lowest BCUT2D eigenvalue weighted by atomic mass is 9.71. The first-order valence-electron chi connectivity index (χ1n) is 7.80. The van der Waals surface area contributed by atoms with Crippen LogP contribution < -0.4 is 0 Å². The molecule has 2 aliphatic carbocycles. The maximum atomic E-state index is 5.82. The number of ether oxygens (including phenoxy) is 3. The standard InChI is InChI=1S/C16H26O3/c1-17-12-13-2-4-14(5-3-13)15-6-8-16(9-7-15)18-10-11-19-16/h12,14-15H,2-11H2,1H3. The molecule has 0 unspecified atom stereocenters. The Kier molecular flexibility index (Phi) is 4.13. The van der Waals surface area contributed by atoms with Crippen LogP contribution in [0.3, 0.4) is 0 Å². The zero-order valence-corrected chi connectivity index (χ0v) is 12.0. The maximum Gasteiger partial charge on any atom is 0.168 e. The van der Waals surface area contributed by atoms with Crippen molar-refractivity contribution in [3.8, 4) is 0 Å². The van der Waals surface area contributed by atoms with E-state index in [4.69, 9.17) is 14.2 Å². The summed E-state index contributed by atoms with van der Waals surface area (Å²) in [6.07, 6.45) is 11.9. The monoisotopic (exact) mass is 266 g/mol. The highest BCUT2D eigenvalue weighted by molar-refractivity contribution is 5.03. The van der Waals surface area contributed by atoms with Gasteiger partial charge in [-0.15, -0.1) is 0 Å². The first-order valence-corrected chi connectivity index (χ1v) is 7.80. The van der Waals surface area contributed by atoms with E-state index in [0.717, 1.165) is 37.9 Å². The van der Waals surface area contributed by atoms with Crippen molar-refractivity contribution in [3.05, 3.63) is 11.8 Å². The fourth-order valence-corrected chi connectivity index (χ4v) is 4.10. The highest BCUT2D eigenvalue weighted by atomic mass is 16.7. The minimum Gasteiger partial charge on any atom is -0.504 e. The molecule has 3 rings (SSSR count). The van der Waals surface area contributed by atoms with E-state index in [1.165, 1.54) is 44.1 Å². The van der Waals surface area contributed by atoms with Gasteiger partial charge in [0.2, 0.25) is 0 Å². The van der Waals surface area contributed by atoms with E-state index >= 15 is 0 Å². The lowest BCUT2D eigenvalue weighted by Gasteiger charge is -2.40. The fraction of sp³-hybridized carbons (Fsp3) is 0.875. The van der Waals surface area contributed by atoms with Gasteiger partial charge in [0.25, 0.3) is 0 Å². The largest absolute Gasteiger partial charge is 0.504 e. The molecule has 108 valence electrons. The lowest BCUT2D eigenvalue weighted by Crippen LogP contribution is -2.37. The molecule has 3 fully saturated rings. The molecule has 0 aromatic heterocycles. The Morgan fingerprint density at radius 2 is 1.58 bits per heavy atom. The van der Waals surface area contributed by atoms with Crippen LogP contribution in [0.4, 0.5) is 0 Å². The molecule has 0 radical (unpaired) electrons. The average molecular weight is 266 g/mol. The number of rotatable bonds is 2. The zero-order valence-electron chi connectivity index (χ0n) is 12.0. The summed E-state index contributed by atoms with van der Waals surface area (Å²) in [5.74, 6) is 1.61. The molecule has 1 heterocycles. The molecule has 1 spiro atoms. The summed E-state index contributed by atoms with van der Waals surface area (Å²) in [7, 11) is 1.75. The zero-order chi connectivity index (χ0) is 13.1. The summed E-state index contributed by atoms with van der Waals surface area (Å²) in [4.78, 5) is 0. The van der Waals surface area contributed by atoms with Crippen molar-refractivity contribution in [2.75, 3.05) is 20.3 Å². The van der Waals surface area contributed by atoms with E-state index in [0.29, 0.717) is 0 Å². The Bertz CT molecular complexity index is 311. The molecular weight excluding hydrogens is 240 g/mol. The third-order valence-corrected chi connectivity index (χ3v) is 5.23. The molecule has 3 aliphatic rings. The quantitative estimate of drug-likeness (QED) is 0.714. The second-order valence-corrected chi connectivity index (χ2v) is 6.29. The van der Waals surface area contributed by atoms with E-state index in [1.54, 1.807) is 7.11 Å². The second kappa shape index (κ2) is 5.84. The fourth-order valence-electron chi connectivity index (χ4n) is 4.10. The van der Waals surface area contributed by atoms with Gasteiger partial charge in [-0.05, 0) is 55.9 Å². The summed E-state index contributed by atoms with van der Waals surface area (Å²) in [5.41, 5.74) is 1.49. The minimum absolute atomic E-state index is 0.188. The molecule has 0 atom stereocenters. The van der Waals surface area contributed by atoms with Crippen molar-refractivity contribution in [3.63, 3.8) is 0 Å². The van der Waals surface area contributed by atoms with Gasteiger partial charge in [-0.25, -0.2) is 0 Å². The number of allylic oxidation sites excluding steroid dienone is 1. The first kappa shape index (κ1) is 13.4. The van der Waals surface area contributed by atoms with Crippen molar-refractivity contribution < 1.29 is 14.2 Å². The van der Waals surface area contributed by atoms with Gasteiger partial charge < -0.3 is 14.2 Å². The third kappa shape index (κ3) is 2.97. The van der Waals surface area contributed by atoms with Crippen molar-refractivity contribution in [2.45, 2.75) is 57.2 Å². The first-order chi connectivity index (χ1) is 9.31. The summed E-state index contributed by atoms with van der Waals surface area (Å²) < 4.78 is 16.8. The molecule has 1 saturated heterocycles. The summed E-state index contributed by atoms with van der Waals surface area (Å²) in [5, 5.41) is 0. The predicted molar refractivity (Wildman–Crippen MR) is 73.6 cm³/mol. The topological polar surface area (TPSA) is 27.7 Å². The van der Waals surface area contributed by atoms with Crippen LogP contribution in [0.5, 0.6) is 0 Å². The normalized spacial score (nSPS) is 31.6. The van der Waals surface area contributed by atoms with Gasteiger partial charge >= 0.3 is 0 Å². The van der Waals surface area contributed by atoms with Gasteiger partial charge in [0.1, 0.15) is 0 Å². The Morgan fingerprint density at radius 3 is 2.16 bits per heavy atom. The Hall–Kier alpha value is -0.540. The van der Waals surface area contributed by atoms with Gasteiger partial charge in [-0.1, -0.05) is 0 Å². The van der Waals surface area contributed by atoms with E-state index in [9.17, 15) is 0 Å². The average Bonchev–Trinajstić information content (AvgIpc) is 2.90. The molecule has 0 bridgehead atoms. The molecular formula is C16H26O3. The van der Waals surface area contributed by atoms with Gasteiger partial charge in [-0.3, -0.25) is 0 Å². The highest BCUT2D eigenvalue weighted by Crippen LogP contribution is 2.44. The second-order valence-electron chi connectivity index (χ2n) is 6.29. The van der Waals surface area contributed by atoms with E-state index in [2.05, 4.69) is 0 Å². The van der Waals surface area contributed by atoms with Crippen LogP contribution in [-0.4, -0.2) is 26.1 Å². The number of hydrogen-bond acceptors (Lipinski definition) is 3. The molecule has 0 aromatic carbocycles. The number of methoxy groups -OCH3 is 1. The van der Waals surface area contributed by atoms with Crippen molar-refractivity contribution in [1.82, 2.24) is 0 Å². The van der Waals surface area contributed by atoms with Gasteiger partial charge in [0.05, 0.1) is 26.6 Å². The van der Waals surface area contributed by atoms with E-state index in [1.807, 2.05) is 6.26 Å². The highest BCUT2D eigenvalue weighted by Gasteiger charge is 2.42. The van der Waals surface area contributed by atoms with E-state index in [-0.39, 0.29) is 5.79 Å². The molecule has 0 amide bonds. The predicted octanol–water partition coefficient (Wildman–Crippen LogP) is 3.64. The minimum atomic E-state index is -0.188. The Balaban J connectivity index is 1.48. The Morgan fingerprint density at radius 1 is 1.00 bits per heavy atom. The van der Waals surface area contributed by atoms with Crippen LogP contribution in [-0.2, 0) is 14.2 Å². The van der Waals surface area contributed by atoms with Crippen LogP contribution in [0.25, 0.3) is 0 Å². The SMILES string of the molecule is COC=C1CCC(C2CCC3(CC2)OCCO3)CC1. The summed E-state index contributed by atoms with van der Waals surface area (Å²) in [6.45, 7) is 1.58. The number of hydrogen-bond donors (Lipinski definition) is 0. The molecule has 2 saturated carbocycles. The molecule has 0 N–H and O–H groups in total. The smallest absolute Gasteiger partial charge is 0.168 e. The van der Waals surface area contributed by atoms with Crippen LogP contribution in [0.15, 0.2) is 11.8 Å². The van der Waals surface area contributed by atoms with Crippen LogP contribution in [0, 0.1) is 11.8 Å². The van der Waals surface area contributed by atoms with Crippen molar-refractivity contribution >= 4 is 0 Å². The van der Waals surface area contributed by atoms with Crippen LogP contribution in [0.1, 0.15) is 51.4 Å². The van der Waals surface area contributed by atoms with Crippen LogP contribution in [0.2, 0.25) is 0 Å². The van der Waals surface area contributed by atoms with Gasteiger partial charge in [0.15, 0.2) is 5.79 Å². The summed E-state index contributed by atoms with van der Waals surface area (Å²) >= 11 is 0.